The zero-order valence-electron chi connectivity index (χ0n) is 10.5. The van der Waals surface area contributed by atoms with E-state index in [-0.39, 0.29) is 5.41 Å². The van der Waals surface area contributed by atoms with Crippen LogP contribution in [-0.2, 0) is 10.2 Å². The van der Waals surface area contributed by atoms with Crippen LogP contribution in [-0.4, -0.2) is 25.0 Å². The Bertz CT molecular complexity index is 335. The van der Waals surface area contributed by atoms with Crippen LogP contribution in [0.15, 0.2) is 24.3 Å². The van der Waals surface area contributed by atoms with E-state index in [9.17, 15) is 0 Å². The number of ether oxygens (including phenoxy) is 1. The molecule has 0 bridgehead atoms. The van der Waals surface area contributed by atoms with Crippen LogP contribution >= 0.6 is 23.2 Å². The van der Waals surface area contributed by atoms with Crippen LogP contribution in [0.2, 0.25) is 0 Å². The minimum Gasteiger partial charge on any atom is -0.382 e. The van der Waals surface area contributed by atoms with Crippen molar-refractivity contribution in [2.24, 2.45) is 0 Å². The van der Waals surface area contributed by atoms with Gasteiger partial charge in [0, 0.05) is 30.4 Å². The molecule has 1 aromatic carbocycles. The number of halogens is 2. The maximum atomic E-state index is 6.17. The van der Waals surface area contributed by atoms with Crippen molar-refractivity contribution in [1.82, 2.24) is 0 Å². The minimum absolute atomic E-state index is 0.177. The third-order valence-corrected chi connectivity index (χ3v) is 4.18. The van der Waals surface area contributed by atoms with Gasteiger partial charge in [-0.3, -0.25) is 0 Å². The van der Waals surface area contributed by atoms with Gasteiger partial charge in [-0.15, -0.1) is 23.2 Å². The van der Waals surface area contributed by atoms with Crippen molar-refractivity contribution >= 4 is 23.2 Å². The Labute approximate surface area is 114 Å². The molecular formula is C14H20Cl2O. The van der Waals surface area contributed by atoms with Gasteiger partial charge in [-0.25, -0.2) is 0 Å². The molecule has 0 aromatic heterocycles. The average Bonchev–Trinajstić information content (AvgIpc) is 2.36. The summed E-state index contributed by atoms with van der Waals surface area (Å²) >= 11 is 12.3. The zero-order chi connectivity index (χ0) is 12.7. The van der Waals surface area contributed by atoms with Crippen molar-refractivity contribution in [3.05, 3.63) is 35.4 Å². The minimum atomic E-state index is -0.177. The van der Waals surface area contributed by atoms with Crippen molar-refractivity contribution in [3.63, 3.8) is 0 Å². The molecule has 0 N–H and O–H groups in total. The van der Waals surface area contributed by atoms with Crippen molar-refractivity contribution in [2.45, 2.75) is 25.7 Å². The van der Waals surface area contributed by atoms with Crippen molar-refractivity contribution in [3.8, 4) is 0 Å². The van der Waals surface area contributed by atoms with E-state index in [4.69, 9.17) is 27.9 Å². The molecule has 0 heterocycles. The van der Waals surface area contributed by atoms with Gasteiger partial charge in [-0.1, -0.05) is 24.3 Å². The molecule has 0 atom stereocenters. The Morgan fingerprint density at radius 1 is 1.18 bits per heavy atom. The normalized spacial score (nSPS) is 11.8. The quantitative estimate of drug-likeness (QED) is 0.537. The Morgan fingerprint density at radius 3 is 2.35 bits per heavy atom. The van der Waals surface area contributed by atoms with Gasteiger partial charge in [0.25, 0.3) is 0 Å². The topological polar surface area (TPSA) is 9.23 Å². The molecule has 0 saturated carbocycles. The van der Waals surface area contributed by atoms with Crippen LogP contribution in [0.5, 0.6) is 0 Å². The first kappa shape index (κ1) is 14.8. The third kappa shape index (κ3) is 3.61. The number of rotatable bonds is 7. The molecule has 1 nitrogen and oxygen atoms in total. The molecule has 0 amide bonds. The number of aryl methyl sites for hydroxylation is 1. The second kappa shape index (κ2) is 7.25. The predicted molar refractivity (Wildman–Crippen MR) is 75.4 cm³/mol. The third-order valence-electron chi connectivity index (χ3n) is 3.16. The van der Waals surface area contributed by atoms with E-state index in [1.54, 1.807) is 0 Å². The van der Waals surface area contributed by atoms with Crippen molar-refractivity contribution in [2.75, 3.05) is 25.0 Å². The van der Waals surface area contributed by atoms with Crippen LogP contribution in [0.25, 0.3) is 0 Å². The fraction of sp³-hybridized carbons (Fsp3) is 0.571. The largest absolute Gasteiger partial charge is 0.382 e. The van der Waals surface area contributed by atoms with Gasteiger partial charge in [-0.05, 0) is 31.4 Å². The van der Waals surface area contributed by atoms with E-state index in [0.29, 0.717) is 18.4 Å². The van der Waals surface area contributed by atoms with E-state index < -0.39 is 0 Å². The summed E-state index contributed by atoms with van der Waals surface area (Å²) in [5.41, 5.74) is 2.30. The monoisotopic (exact) mass is 274 g/mol. The van der Waals surface area contributed by atoms with Gasteiger partial charge in [0.05, 0.1) is 0 Å². The van der Waals surface area contributed by atoms with E-state index in [0.717, 1.165) is 13.0 Å². The molecule has 0 fully saturated rings. The molecule has 96 valence electrons. The number of hydrogen-bond acceptors (Lipinski definition) is 1. The standard InChI is InChI=1S/C14H20Cl2O/c1-3-17-9-8-14(10-15,11-16)13-7-5-4-6-12(13)2/h4-7H,3,8-11H2,1-2H3. The lowest BCUT2D eigenvalue weighted by molar-refractivity contribution is 0.131. The fourth-order valence-electron chi connectivity index (χ4n) is 2.03. The first-order valence-corrected chi connectivity index (χ1v) is 7.03. The smallest absolute Gasteiger partial charge is 0.0475 e. The summed E-state index contributed by atoms with van der Waals surface area (Å²) in [5, 5.41) is 0. The lowest BCUT2D eigenvalue weighted by Crippen LogP contribution is -2.33. The highest BCUT2D eigenvalue weighted by Crippen LogP contribution is 2.33. The number of alkyl halides is 2. The first-order chi connectivity index (χ1) is 8.20. The maximum absolute atomic E-state index is 6.17. The van der Waals surface area contributed by atoms with Gasteiger partial charge in [0.15, 0.2) is 0 Å². The molecule has 0 unspecified atom stereocenters. The summed E-state index contributed by atoms with van der Waals surface area (Å²) in [5.74, 6) is 1.04. The highest BCUT2D eigenvalue weighted by atomic mass is 35.5. The lowest BCUT2D eigenvalue weighted by Gasteiger charge is -2.31. The highest BCUT2D eigenvalue weighted by molar-refractivity contribution is 6.22. The van der Waals surface area contributed by atoms with Gasteiger partial charge >= 0.3 is 0 Å². The lowest BCUT2D eigenvalue weighted by atomic mass is 9.79. The molecule has 0 saturated heterocycles. The van der Waals surface area contributed by atoms with E-state index >= 15 is 0 Å². The molecule has 0 aliphatic carbocycles. The van der Waals surface area contributed by atoms with Crippen LogP contribution in [0.4, 0.5) is 0 Å². The molecular weight excluding hydrogens is 255 g/mol. The molecule has 3 heteroatoms. The molecule has 1 rings (SSSR count). The summed E-state index contributed by atoms with van der Waals surface area (Å²) in [6.45, 7) is 5.53. The SMILES string of the molecule is CCOCCC(CCl)(CCl)c1ccccc1C. The predicted octanol–water partition coefficient (Wildman–Crippen LogP) is 4.14. The zero-order valence-corrected chi connectivity index (χ0v) is 12.0. The molecule has 0 aliphatic rings. The summed E-state index contributed by atoms with van der Waals surface area (Å²) in [6, 6.07) is 8.29. The average molecular weight is 275 g/mol. The van der Waals surface area contributed by atoms with E-state index in [1.807, 2.05) is 19.1 Å². The summed E-state index contributed by atoms with van der Waals surface area (Å²) in [7, 11) is 0. The molecule has 0 spiro atoms. The van der Waals surface area contributed by atoms with Gasteiger partial charge in [0.2, 0.25) is 0 Å². The van der Waals surface area contributed by atoms with Gasteiger partial charge in [0.1, 0.15) is 0 Å². The molecule has 0 aliphatic heterocycles. The maximum Gasteiger partial charge on any atom is 0.0475 e. The van der Waals surface area contributed by atoms with Crippen molar-refractivity contribution < 1.29 is 4.74 Å². The van der Waals surface area contributed by atoms with Crippen LogP contribution < -0.4 is 0 Å². The molecule has 1 aromatic rings. The summed E-state index contributed by atoms with van der Waals surface area (Å²) in [6.07, 6.45) is 0.860. The van der Waals surface area contributed by atoms with Crippen LogP contribution in [0.3, 0.4) is 0 Å². The first-order valence-electron chi connectivity index (χ1n) is 5.96. The van der Waals surface area contributed by atoms with Gasteiger partial charge < -0.3 is 4.74 Å². The second-order valence-electron chi connectivity index (χ2n) is 4.31. The van der Waals surface area contributed by atoms with Crippen LogP contribution in [0, 0.1) is 6.92 Å². The summed E-state index contributed by atoms with van der Waals surface area (Å²) in [4.78, 5) is 0. The van der Waals surface area contributed by atoms with Crippen LogP contribution in [0.1, 0.15) is 24.5 Å². The number of hydrogen-bond donors (Lipinski definition) is 0. The number of benzene rings is 1. The van der Waals surface area contributed by atoms with E-state index in [2.05, 4.69) is 19.1 Å². The Morgan fingerprint density at radius 2 is 1.82 bits per heavy atom. The van der Waals surface area contributed by atoms with Gasteiger partial charge in [-0.2, -0.15) is 0 Å². The second-order valence-corrected chi connectivity index (χ2v) is 4.84. The van der Waals surface area contributed by atoms with E-state index in [1.165, 1.54) is 11.1 Å². The molecule has 17 heavy (non-hydrogen) atoms. The Kier molecular flexibility index (Phi) is 6.32. The Hall–Kier alpha value is -0.240. The highest BCUT2D eigenvalue weighted by Gasteiger charge is 2.31. The summed E-state index contributed by atoms with van der Waals surface area (Å²) < 4.78 is 5.44. The fourth-order valence-corrected chi connectivity index (χ4v) is 2.87. The Balaban J connectivity index is 2.94. The molecule has 0 radical (unpaired) electrons. The van der Waals surface area contributed by atoms with Crippen molar-refractivity contribution in [1.29, 1.82) is 0 Å².